The number of nitrogens with zero attached hydrogens (tertiary/aromatic N) is 5. The van der Waals surface area contributed by atoms with E-state index in [-0.39, 0.29) is 5.91 Å². The molecule has 0 saturated carbocycles. The molecule has 0 aliphatic rings. The first-order chi connectivity index (χ1) is 12.5. The molecule has 0 unspecified atom stereocenters. The van der Waals surface area contributed by atoms with Crippen molar-refractivity contribution in [3.05, 3.63) is 35.2 Å². The molecule has 8 heteroatoms. The van der Waals surface area contributed by atoms with Gasteiger partial charge < -0.3 is 9.64 Å². The second-order valence-corrected chi connectivity index (χ2v) is 6.56. The van der Waals surface area contributed by atoms with Gasteiger partial charge in [-0.05, 0) is 25.1 Å². The van der Waals surface area contributed by atoms with E-state index in [0.29, 0.717) is 17.3 Å². The third-order valence-corrected chi connectivity index (χ3v) is 4.60. The van der Waals surface area contributed by atoms with Crippen molar-refractivity contribution >= 4 is 45.7 Å². The van der Waals surface area contributed by atoms with Crippen LogP contribution in [0, 0.1) is 0 Å². The number of fused-ring (bicyclic) bond motifs is 1. The van der Waals surface area contributed by atoms with Gasteiger partial charge >= 0.3 is 0 Å². The Kier molecular flexibility index (Phi) is 6.85. The van der Waals surface area contributed by atoms with Crippen molar-refractivity contribution in [2.45, 2.75) is 6.92 Å². The number of carbonyl (C=O) groups excluding carboxylic acids is 1. The molecule has 0 aliphatic carbocycles. The van der Waals surface area contributed by atoms with Gasteiger partial charge in [-0.3, -0.25) is 14.7 Å². The SMILES string of the molecule is C/C=C(\N=C/CN(C=NC)C(=O)c1cc2c(N(C)C)ccnc2s1)OC. The predicted octanol–water partition coefficient (Wildman–Crippen LogP) is 3.04. The largest absolute Gasteiger partial charge is 0.481 e. The number of ether oxygens (including phenoxy) is 1. The number of aliphatic imine (C=N–C) groups is 2. The first-order valence-electron chi connectivity index (χ1n) is 8.03. The zero-order valence-electron chi connectivity index (χ0n) is 15.6. The van der Waals surface area contributed by atoms with Gasteiger partial charge in [0.1, 0.15) is 4.83 Å². The average molecular weight is 373 g/mol. The lowest BCUT2D eigenvalue weighted by molar-refractivity contribution is 0.0871. The summed E-state index contributed by atoms with van der Waals surface area (Å²) >= 11 is 1.37. The summed E-state index contributed by atoms with van der Waals surface area (Å²) in [5.74, 6) is 0.349. The van der Waals surface area contributed by atoms with Crippen LogP contribution < -0.4 is 4.90 Å². The number of hydrogen-bond acceptors (Lipinski definition) is 7. The molecule has 0 radical (unpaired) electrons. The van der Waals surface area contributed by atoms with Crippen molar-refractivity contribution in [1.82, 2.24) is 9.88 Å². The molecule has 2 aromatic heterocycles. The maximum Gasteiger partial charge on any atom is 0.269 e. The van der Waals surface area contributed by atoms with Crippen molar-refractivity contribution < 1.29 is 9.53 Å². The summed E-state index contributed by atoms with van der Waals surface area (Å²) in [6, 6.07) is 3.81. The maximum atomic E-state index is 12.9. The molecule has 138 valence electrons. The summed E-state index contributed by atoms with van der Waals surface area (Å²) in [5.41, 5.74) is 1.03. The summed E-state index contributed by atoms with van der Waals surface area (Å²) in [6.07, 6.45) is 6.62. The molecule has 2 rings (SSSR count). The molecule has 0 bridgehead atoms. The zero-order chi connectivity index (χ0) is 19.1. The molecule has 0 atom stereocenters. The van der Waals surface area contributed by atoms with E-state index in [1.54, 1.807) is 32.6 Å². The molecule has 0 N–H and O–H groups in total. The number of allylic oxidation sites excluding steroid dienone is 1. The highest BCUT2D eigenvalue weighted by atomic mass is 32.1. The van der Waals surface area contributed by atoms with Gasteiger partial charge in [-0.25, -0.2) is 9.98 Å². The summed E-state index contributed by atoms with van der Waals surface area (Å²) in [4.78, 5) is 30.4. The Morgan fingerprint density at radius 3 is 2.81 bits per heavy atom. The van der Waals surface area contributed by atoms with Gasteiger partial charge in [-0.2, -0.15) is 0 Å². The number of amides is 1. The Balaban J connectivity index is 2.29. The molecule has 0 spiro atoms. The molecule has 26 heavy (non-hydrogen) atoms. The number of pyridine rings is 1. The Morgan fingerprint density at radius 1 is 1.42 bits per heavy atom. The van der Waals surface area contributed by atoms with Crippen LogP contribution in [-0.4, -0.2) is 63.1 Å². The quantitative estimate of drug-likeness (QED) is 0.425. The molecule has 0 fully saturated rings. The van der Waals surface area contributed by atoms with Gasteiger partial charge in [0.25, 0.3) is 5.91 Å². The molecule has 7 nitrogen and oxygen atoms in total. The van der Waals surface area contributed by atoms with Crippen molar-refractivity contribution in [3.63, 3.8) is 0 Å². The first-order valence-corrected chi connectivity index (χ1v) is 8.85. The summed E-state index contributed by atoms with van der Waals surface area (Å²) < 4.78 is 5.08. The average Bonchev–Trinajstić information content (AvgIpc) is 3.07. The fourth-order valence-corrected chi connectivity index (χ4v) is 3.33. The van der Waals surface area contributed by atoms with Crippen molar-refractivity contribution in [1.29, 1.82) is 0 Å². The molecule has 1 amide bonds. The fraction of sp³-hybridized carbons (Fsp3) is 0.333. The minimum Gasteiger partial charge on any atom is -0.481 e. The molecule has 0 saturated heterocycles. The Hall–Kier alpha value is -2.74. The molecule has 0 aliphatic heterocycles. The number of anilines is 1. The van der Waals surface area contributed by atoms with Crippen LogP contribution in [-0.2, 0) is 4.74 Å². The van der Waals surface area contributed by atoms with E-state index in [2.05, 4.69) is 15.0 Å². The second-order valence-electron chi connectivity index (χ2n) is 5.53. The monoisotopic (exact) mass is 373 g/mol. The van der Waals surface area contributed by atoms with Gasteiger partial charge in [-0.1, -0.05) is 0 Å². The van der Waals surface area contributed by atoms with Crippen LogP contribution in [0.1, 0.15) is 16.6 Å². The van der Waals surface area contributed by atoms with Crippen LogP contribution in [0.15, 0.2) is 40.3 Å². The highest BCUT2D eigenvalue weighted by Crippen LogP contribution is 2.31. The summed E-state index contributed by atoms with van der Waals surface area (Å²) in [7, 11) is 7.11. The minimum atomic E-state index is -0.144. The summed E-state index contributed by atoms with van der Waals surface area (Å²) in [6.45, 7) is 2.12. The van der Waals surface area contributed by atoms with E-state index < -0.39 is 0 Å². The van der Waals surface area contributed by atoms with E-state index in [4.69, 9.17) is 4.74 Å². The Labute approximate surface area is 157 Å². The topological polar surface area (TPSA) is 70.4 Å². The van der Waals surface area contributed by atoms with Crippen LogP contribution in [0.25, 0.3) is 10.2 Å². The number of rotatable bonds is 7. The minimum absolute atomic E-state index is 0.144. The third kappa shape index (κ3) is 4.45. The standard InChI is InChI=1S/C18H23N5O2S/c1-6-16(25-5)20-9-10-23(12-19-2)18(24)15-11-13-14(22(3)4)7-8-21-17(13)26-15/h6-9,11-12H,10H2,1-5H3/b16-6+,19-12?,20-9-. The molecule has 2 heterocycles. The first kappa shape index (κ1) is 19.6. The Bertz CT molecular complexity index is 854. The van der Waals surface area contributed by atoms with Gasteiger partial charge in [0, 0.05) is 44.6 Å². The zero-order valence-corrected chi connectivity index (χ0v) is 16.4. The van der Waals surface area contributed by atoms with Crippen LogP contribution >= 0.6 is 11.3 Å². The number of methoxy groups -OCH3 is 1. The molecular weight excluding hydrogens is 350 g/mol. The summed E-state index contributed by atoms with van der Waals surface area (Å²) in [5, 5.41) is 0.962. The predicted molar refractivity (Wildman–Crippen MR) is 109 cm³/mol. The van der Waals surface area contributed by atoms with E-state index in [1.165, 1.54) is 22.6 Å². The lowest BCUT2D eigenvalue weighted by Gasteiger charge is -2.14. The molecule has 0 aromatic carbocycles. The second kappa shape index (κ2) is 9.10. The highest BCUT2D eigenvalue weighted by Gasteiger charge is 2.18. The third-order valence-electron chi connectivity index (χ3n) is 3.57. The van der Waals surface area contributed by atoms with E-state index >= 15 is 0 Å². The number of aromatic nitrogens is 1. The normalized spacial score (nSPS) is 12.3. The van der Waals surface area contributed by atoms with Gasteiger partial charge in [0.2, 0.25) is 5.88 Å². The van der Waals surface area contributed by atoms with Crippen LogP contribution in [0.4, 0.5) is 5.69 Å². The number of thiophene rings is 1. The van der Waals surface area contributed by atoms with Crippen molar-refractivity contribution in [2.24, 2.45) is 9.98 Å². The molecule has 2 aromatic rings. The number of carbonyl (C=O) groups is 1. The van der Waals surface area contributed by atoms with Gasteiger partial charge in [-0.15, -0.1) is 11.3 Å². The fourth-order valence-electron chi connectivity index (χ4n) is 2.35. The highest BCUT2D eigenvalue weighted by molar-refractivity contribution is 7.20. The number of hydrogen-bond donors (Lipinski definition) is 0. The van der Waals surface area contributed by atoms with Gasteiger partial charge in [0.15, 0.2) is 0 Å². The molecular formula is C18H23N5O2S. The van der Waals surface area contributed by atoms with Crippen molar-refractivity contribution in [2.75, 3.05) is 39.7 Å². The van der Waals surface area contributed by atoms with Crippen molar-refractivity contribution in [3.8, 4) is 0 Å². The maximum absolute atomic E-state index is 12.9. The van der Waals surface area contributed by atoms with Crippen LogP contribution in [0.3, 0.4) is 0 Å². The smallest absolute Gasteiger partial charge is 0.269 e. The van der Waals surface area contributed by atoms with E-state index in [1.807, 2.05) is 38.1 Å². The van der Waals surface area contributed by atoms with Crippen LogP contribution in [0.5, 0.6) is 0 Å². The van der Waals surface area contributed by atoms with E-state index in [0.717, 1.165) is 15.9 Å². The lowest BCUT2D eigenvalue weighted by atomic mass is 10.2. The van der Waals surface area contributed by atoms with E-state index in [9.17, 15) is 4.79 Å². The lowest BCUT2D eigenvalue weighted by Crippen LogP contribution is -2.30. The Morgan fingerprint density at radius 2 is 2.19 bits per heavy atom. The van der Waals surface area contributed by atoms with Gasteiger partial charge in [0.05, 0.1) is 24.9 Å². The van der Waals surface area contributed by atoms with Crippen LogP contribution in [0.2, 0.25) is 0 Å².